The molecule has 0 saturated heterocycles. The van der Waals surface area contributed by atoms with Gasteiger partial charge < -0.3 is 0 Å². The van der Waals surface area contributed by atoms with Crippen LogP contribution in [0.5, 0.6) is 0 Å². The zero-order valence-electron chi connectivity index (χ0n) is 7.38. The predicted octanol–water partition coefficient (Wildman–Crippen LogP) is 0.649. The first kappa shape index (κ1) is 8.60. The Hall–Kier alpha value is -1.50. The van der Waals surface area contributed by atoms with Crippen LogP contribution in [0.4, 0.5) is 0 Å². The zero-order chi connectivity index (χ0) is 9.30. The van der Waals surface area contributed by atoms with Crippen LogP contribution in [0.25, 0.3) is 0 Å². The van der Waals surface area contributed by atoms with E-state index in [1.807, 2.05) is 0 Å². The quantitative estimate of drug-likeness (QED) is 0.664. The standard InChI is InChI=1S/C8H11N3O/c1-5(4-9)7-6(2)8(12)11(3)10-7/h5,10H,1-3H3. The summed E-state index contributed by atoms with van der Waals surface area (Å²) >= 11 is 0. The highest BCUT2D eigenvalue weighted by atomic mass is 16.1. The highest BCUT2D eigenvalue weighted by molar-refractivity contribution is 5.23. The molecule has 1 aromatic rings. The maximum absolute atomic E-state index is 11.2. The molecule has 0 amide bonds. The van der Waals surface area contributed by atoms with Gasteiger partial charge in [-0.2, -0.15) is 5.26 Å². The van der Waals surface area contributed by atoms with E-state index < -0.39 is 0 Å². The van der Waals surface area contributed by atoms with Crippen LogP contribution in [0.2, 0.25) is 0 Å². The summed E-state index contributed by atoms with van der Waals surface area (Å²) in [5, 5.41) is 11.5. The fourth-order valence-electron chi connectivity index (χ4n) is 1.17. The van der Waals surface area contributed by atoms with Gasteiger partial charge in [-0.05, 0) is 13.8 Å². The van der Waals surface area contributed by atoms with Gasteiger partial charge in [0.15, 0.2) is 0 Å². The summed E-state index contributed by atoms with van der Waals surface area (Å²) in [6.07, 6.45) is 0. The molecule has 4 heteroatoms. The van der Waals surface area contributed by atoms with E-state index in [2.05, 4.69) is 11.2 Å². The van der Waals surface area contributed by atoms with Gasteiger partial charge in [0.25, 0.3) is 5.56 Å². The SMILES string of the molecule is Cc1c(C(C)C#N)[nH]n(C)c1=O. The molecule has 64 valence electrons. The van der Waals surface area contributed by atoms with E-state index in [1.54, 1.807) is 20.9 Å². The second kappa shape index (κ2) is 2.86. The maximum atomic E-state index is 11.2. The molecule has 0 saturated carbocycles. The number of hydrogen-bond acceptors (Lipinski definition) is 2. The first-order valence-corrected chi connectivity index (χ1v) is 3.73. The molecule has 12 heavy (non-hydrogen) atoms. The van der Waals surface area contributed by atoms with E-state index >= 15 is 0 Å². The van der Waals surface area contributed by atoms with Crippen LogP contribution in [0, 0.1) is 18.3 Å². The van der Waals surface area contributed by atoms with E-state index in [4.69, 9.17) is 5.26 Å². The van der Waals surface area contributed by atoms with Crippen molar-refractivity contribution in [2.24, 2.45) is 7.05 Å². The number of aryl methyl sites for hydroxylation is 1. The fourth-order valence-corrected chi connectivity index (χ4v) is 1.17. The van der Waals surface area contributed by atoms with Crippen LogP contribution in [0.15, 0.2) is 4.79 Å². The van der Waals surface area contributed by atoms with Gasteiger partial charge in [-0.25, -0.2) is 0 Å². The molecule has 1 unspecified atom stereocenters. The molecular weight excluding hydrogens is 154 g/mol. The number of rotatable bonds is 1. The fraction of sp³-hybridized carbons (Fsp3) is 0.500. The van der Waals surface area contributed by atoms with Gasteiger partial charge in [-0.1, -0.05) is 0 Å². The molecule has 0 bridgehead atoms. The van der Waals surface area contributed by atoms with Gasteiger partial charge in [0, 0.05) is 12.6 Å². The molecule has 1 heterocycles. The Kier molecular flexibility index (Phi) is 2.05. The van der Waals surface area contributed by atoms with Crippen molar-refractivity contribution in [3.05, 3.63) is 21.6 Å². The molecule has 0 aliphatic heterocycles. The molecule has 4 nitrogen and oxygen atoms in total. The van der Waals surface area contributed by atoms with Crippen molar-refractivity contribution in [1.82, 2.24) is 9.78 Å². The van der Waals surface area contributed by atoms with Crippen molar-refractivity contribution in [3.63, 3.8) is 0 Å². The Morgan fingerprint density at radius 1 is 1.67 bits per heavy atom. The molecule has 0 spiro atoms. The molecule has 1 atom stereocenters. The summed E-state index contributed by atoms with van der Waals surface area (Å²) in [4.78, 5) is 11.2. The van der Waals surface area contributed by atoms with E-state index in [-0.39, 0.29) is 11.5 Å². The van der Waals surface area contributed by atoms with Crippen molar-refractivity contribution >= 4 is 0 Å². The van der Waals surface area contributed by atoms with Gasteiger partial charge in [-0.3, -0.25) is 14.6 Å². The minimum absolute atomic E-state index is 0.0629. The highest BCUT2D eigenvalue weighted by Gasteiger charge is 2.13. The number of aromatic nitrogens is 2. The van der Waals surface area contributed by atoms with E-state index in [0.717, 1.165) is 0 Å². The second-order valence-electron chi connectivity index (χ2n) is 2.87. The lowest BCUT2D eigenvalue weighted by molar-refractivity contribution is 0.713. The topological polar surface area (TPSA) is 61.6 Å². The number of H-pyrrole nitrogens is 1. The highest BCUT2D eigenvalue weighted by Crippen LogP contribution is 2.12. The average Bonchev–Trinajstić information content (AvgIpc) is 2.32. The molecule has 1 rings (SSSR count). The van der Waals surface area contributed by atoms with Crippen molar-refractivity contribution in [2.75, 3.05) is 0 Å². The third kappa shape index (κ3) is 1.14. The van der Waals surface area contributed by atoms with Crippen LogP contribution >= 0.6 is 0 Å². The molecule has 1 aromatic heterocycles. The smallest absolute Gasteiger partial charge is 0.269 e. The average molecular weight is 165 g/mol. The third-order valence-corrected chi connectivity index (χ3v) is 1.94. The number of nitrogens with one attached hydrogen (secondary N) is 1. The van der Waals surface area contributed by atoms with Crippen LogP contribution in [0.1, 0.15) is 24.1 Å². The Balaban J connectivity index is 3.29. The Morgan fingerprint density at radius 2 is 2.25 bits per heavy atom. The van der Waals surface area contributed by atoms with Gasteiger partial charge in [0.05, 0.1) is 17.7 Å². The van der Waals surface area contributed by atoms with E-state index in [0.29, 0.717) is 11.3 Å². The monoisotopic (exact) mass is 165 g/mol. The normalized spacial score (nSPS) is 12.5. The van der Waals surface area contributed by atoms with Crippen molar-refractivity contribution < 1.29 is 0 Å². The number of nitrogens with zero attached hydrogens (tertiary/aromatic N) is 2. The van der Waals surface area contributed by atoms with Crippen LogP contribution in [-0.4, -0.2) is 9.78 Å². The van der Waals surface area contributed by atoms with Crippen LogP contribution in [-0.2, 0) is 7.05 Å². The van der Waals surface area contributed by atoms with Gasteiger partial charge in [0.2, 0.25) is 0 Å². The van der Waals surface area contributed by atoms with Crippen molar-refractivity contribution in [3.8, 4) is 6.07 Å². The minimum Gasteiger partial charge on any atom is -0.298 e. The maximum Gasteiger partial charge on any atom is 0.269 e. The first-order chi connectivity index (χ1) is 5.57. The molecule has 0 fully saturated rings. The lowest BCUT2D eigenvalue weighted by Crippen LogP contribution is -2.12. The van der Waals surface area contributed by atoms with Gasteiger partial charge in [-0.15, -0.1) is 0 Å². The van der Waals surface area contributed by atoms with Crippen LogP contribution < -0.4 is 5.56 Å². The lowest BCUT2D eigenvalue weighted by Gasteiger charge is -1.97. The van der Waals surface area contributed by atoms with Crippen molar-refractivity contribution in [2.45, 2.75) is 19.8 Å². The first-order valence-electron chi connectivity index (χ1n) is 3.73. The molecule has 1 N–H and O–H groups in total. The molecule has 0 radical (unpaired) electrons. The predicted molar refractivity (Wildman–Crippen MR) is 44.8 cm³/mol. The van der Waals surface area contributed by atoms with Gasteiger partial charge in [0.1, 0.15) is 0 Å². The molecule has 0 aliphatic carbocycles. The summed E-state index contributed by atoms with van der Waals surface area (Å²) in [5.74, 6) is -0.251. The summed E-state index contributed by atoms with van der Waals surface area (Å²) in [6, 6.07) is 2.08. The van der Waals surface area contributed by atoms with E-state index in [9.17, 15) is 4.79 Å². The third-order valence-electron chi connectivity index (χ3n) is 1.94. The number of hydrogen-bond donors (Lipinski definition) is 1. The molecule has 0 aromatic carbocycles. The molecule has 0 aliphatic rings. The van der Waals surface area contributed by atoms with E-state index in [1.165, 1.54) is 4.68 Å². The number of nitriles is 1. The van der Waals surface area contributed by atoms with Gasteiger partial charge >= 0.3 is 0 Å². The summed E-state index contributed by atoms with van der Waals surface area (Å²) in [5.41, 5.74) is 1.28. The Labute approximate surface area is 70.4 Å². The van der Waals surface area contributed by atoms with Crippen LogP contribution in [0.3, 0.4) is 0 Å². The summed E-state index contributed by atoms with van der Waals surface area (Å²) < 4.78 is 1.39. The Bertz CT molecular complexity index is 380. The second-order valence-corrected chi connectivity index (χ2v) is 2.87. The summed E-state index contributed by atoms with van der Waals surface area (Å²) in [7, 11) is 1.64. The minimum atomic E-state index is -0.251. The molecular formula is C8H11N3O. The lowest BCUT2D eigenvalue weighted by atomic mass is 10.1. The zero-order valence-corrected chi connectivity index (χ0v) is 7.38. The summed E-state index contributed by atoms with van der Waals surface area (Å²) in [6.45, 7) is 3.49. The Morgan fingerprint density at radius 3 is 2.58 bits per heavy atom. The largest absolute Gasteiger partial charge is 0.298 e. The van der Waals surface area contributed by atoms with Crippen molar-refractivity contribution in [1.29, 1.82) is 5.26 Å². The number of aromatic amines is 1.